The number of anilines is 2. The van der Waals surface area contributed by atoms with Gasteiger partial charge in [0.15, 0.2) is 0 Å². The molecule has 1 aromatic carbocycles. The van der Waals surface area contributed by atoms with E-state index in [0.29, 0.717) is 0 Å². The smallest absolute Gasteiger partial charge is 0.248 e. The fourth-order valence-electron chi connectivity index (χ4n) is 1.82. The van der Waals surface area contributed by atoms with Gasteiger partial charge in [-0.3, -0.25) is 4.79 Å². The van der Waals surface area contributed by atoms with Crippen LogP contribution in [0.1, 0.15) is 11.6 Å². The highest BCUT2D eigenvalue weighted by Crippen LogP contribution is 2.35. The number of rotatable bonds is 1. The van der Waals surface area contributed by atoms with Crippen LogP contribution in [0.4, 0.5) is 11.4 Å². The van der Waals surface area contributed by atoms with Crippen LogP contribution in [-0.4, -0.2) is 27.1 Å². The standard InChI is InChI=1S/C11H15N3O/c1-13(2)7-4-5-8-9(6-7)14(3)11(15)10(8)12/h4-6,10H,12H2,1-3H3/t10-/m1/s1. The van der Waals surface area contributed by atoms with Crippen LogP contribution in [-0.2, 0) is 4.79 Å². The first-order valence-electron chi connectivity index (χ1n) is 4.87. The molecule has 1 aliphatic rings. The van der Waals surface area contributed by atoms with Crippen molar-refractivity contribution >= 4 is 17.3 Å². The van der Waals surface area contributed by atoms with E-state index in [-0.39, 0.29) is 5.91 Å². The summed E-state index contributed by atoms with van der Waals surface area (Å²) in [4.78, 5) is 15.3. The minimum absolute atomic E-state index is 0.0408. The Balaban J connectivity index is 2.51. The molecule has 4 nitrogen and oxygen atoms in total. The lowest BCUT2D eigenvalue weighted by atomic mass is 10.1. The van der Waals surface area contributed by atoms with Crippen molar-refractivity contribution in [2.45, 2.75) is 6.04 Å². The van der Waals surface area contributed by atoms with Crippen LogP contribution in [0, 0.1) is 0 Å². The van der Waals surface area contributed by atoms with Crippen molar-refractivity contribution in [1.82, 2.24) is 0 Å². The number of likely N-dealkylation sites (N-methyl/N-ethyl adjacent to an activating group) is 1. The van der Waals surface area contributed by atoms with E-state index in [4.69, 9.17) is 5.73 Å². The Hall–Kier alpha value is -1.55. The molecule has 0 saturated carbocycles. The lowest BCUT2D eigenvalue weighted by Crippen LogP contribution is -2.27. The minimum Gasteiger partial charge on any atom is -0.378 e. The van der Waals surface area contributed by atoms with Gasteiger partial charge in [-0.25, -0.2) is 0 Å². The topological polar surface area (TPSA) is 49.6 Å². The highest BCUT2D eigenvalue weighted by atomic mass is 16.2. The highest BCUT2D eigenvalue weighted by molar-refractivity contribution is 6.04. The van der Waals surface area contributed by atoms with Crippen molar-refractivity contribution in [3.63, 3.8) is 0 Å². The predicted molar refractivity (Wildman–Crippen MR) is 61.1 cm³/mol. The van der Waals surface area contributed by atoms with E-state index >= 15 is 0 Å². The first-order valence-corrected chi connectivity index (χ1v) is 4.87. The molecule has 1 aliphatic heterocycles. The van der Waals surface area contributed by atoms with Gasteiger partial charge in [-0.1, -0.05) is 6.07 Å². The van der Waals surface area contributed by atoms with Gasteiger partial charge in [0.25, 0.3) is 0 Å². The first-order chi connectivity index (χ1) is 7.02. The predicted octanol–water partition coefficient (Wildman–Crippen LogP) is 0.729. The van der Waals surface area contributed by atoms with Crippen molar-refractivity contribution in [2.24, 2.45) is 5.73 Å². The lowest BCUT2D eigenvalue weighted by Gasteiger charge is -2.16. The summed E-state index contributed by atoms with van der Waals surface area (Å²) in [6.45, 7) is 0. The maximum atomic E-state index is 11.6. The second-order valence-corrected chi connectivity index (χ2v) is 4.01. The summed E-state index contributed by atoms with van der Waals surface area (Å²) in [6, 6.07) is 5.39. The zero-order chi connectivity index (χ0) is 11.2. The SMILES string of the molecule is CN(C)c1ccc2c(c1)N(C)C(=O)[C@@H]2N. The number of hydrogen-bond acceptors (Lipinski definition) is 3. The average molecular weight is 205 g/mol. The third-order valence-corrected chi connectivity index (χ3v) is 2.82. The number of benzene rings is 1. The van der Waals surface area contributed by atoms with Gasteiger partial charge in [-0.2, -0.15) is 0 Å². The lowest BCUT2D eigenvalue weighted by molar-refractivity contribution is -0.118. The summed E-state index contributed by atoms with van der Waals surface area (Å²) in [5, 5.41) is 0. The van der Waals surface area contributed by atoms with Gasteiger partial charge >= 0.3 is 0 Å². The third kappa shape index (κ3) is 1.37. The molecule has 0 aliphatic carbocycles. The Morgan fingerprint density at radius 2 is 2.07 bits per heavy atom. The number of amides is 1. The summed E-state index contributed by atoms with van der Waals surface area (Å²) in [5.41, 5.74) is 8.70. The Kier molecular flexibility index (Phi) is 2.16. The molecule has 0 unspecified atom stereocenters. The van der Waals surface area contributed by atoms with Gasteiger partial charge in [0.1, 0.15) is 6.04 Å². The molecule has 0 spiro atoms. The minimum atomic E-state index is -0.499. The van der Waals surface area contributed by atoms with Crippen LogP contribution >= 0.6 is 0 Å². The fourth-order valence-corrected chi connectivity index (χ4v) is 1.82. The quantitative estimate of drug-likeness (QED) is 0.735. The molecular weight excluding hydrogens is 190 g/mol. The summed E-state index contributed by atoms with van der Waals surface area (Å²) in [7, 11) is 5.70. The molecule has 1 aromatic rings. The first kappa shape index (κ1) is 9.98. The molecule has 80 valence electrons. The average Bonchev–Trinajstić information content (AvgIpc) is 2.44. The normalized spacial score (nSPS) is 19.3. The number of carbonyl (C=O) groups is 1. The van der Waals surface area contributed by atoms with Gasteiger partial charge in [0, 0.05) is 32.4 Å². The molecular formula is C11H15N3O. The van der Waals surface area contributed by atoms with E-state index in [1.165, 1.54) is 0 Å². The van der Waals surface area contributed by atoms with Crippen LogP contribution in [0.3, 0.4) is 0 Å². The van der Waals surface area contributed by atoms with Gasteiger partial charge in [-0.05, 0) is 12.1 Å². The van der Waals surface area contributed by atoms with Gasteiger partial charge < -0.3 is 15.5 Å². The highest BCUT2D eigenvalue weighted by Gasteiger charge is 2.32. The maximum absolute atomic E-state index is 11.6. The molecule has 2 N–H and O–H groups in total. The summed E-state index contributed by atoms with van der Waals surface area (Å²) in [5.74, 6) is -0.0408. The number of nitrogens with zero attached hydrogens (tertiary/aromatic N) is 2. The third-order valence-electron chi connectivity index (χ3n) is 2.82. The molecule has 1 heterocycles. The summed E-state index contributed by atoms with van der Waals surface area (Å²) < 4.78 is 0. The summed E-state index contributed by atoms with van der Waals surface area (Å²) in [6.07, 6.45) is 0. The van der Waals surface area contributed by atoms with Crippen LogP contribution in [0.25, 0.3) is 0 Å². The number of nitrogens with two attached hydrogens (primary N) is 1. The van der Waals surface area contributed by atoms with E-state index in [1.54, 1.807) is 11.9 Å². The summed E-state index contributed by atoms with van der Waals surface area (Å²) >= 11 is 0. The van der Waals surface area contributed by atoms with E-state index in [9.17, 15) is 4.79 Å². The van der Waals surface area contributed by atoms with Gasteiger partial charge in [0.2, 0.25) is 5.91 Å². The van der Waals surface area contributed by atoms with Crippen molar-refractivity contribution < 1.29 is 4.79 Å². The molecule has 0 aromatic heterocycles. The zero-order valence-electron chi connectivity index (χ0n) is 9.19. The van der Waals surface area contributed by atoms with Gasteiger partial charge in [-0.15, -0.1) is 0 Å². The second-order valence-electron chi connectivity index (χ2n) is 4.01. The van der Waals surface area contributed by atoms with E-state index in [0.717, 1.165) is 16.9 Å². The monoisotopic (exact) mass is 205 g/mol. The number of carbonyl (C=O) groups excluding carboxylic acids is 1. The molecule has 15 heavy (non-hydrogen) atoms. The Morgan fingerprint density at radius 1 is 1.40 bits per heavy atom. The van der Waals surface area contributed by atoms with Gasteiger partial charge in [0.05, 0.1) is 5.69 Å². The maximum Gasteiger partial charge on any atom is 0.248 e. The van der Waals surface area contributed by atoms with Crippen molar-refractivity contribution in [1.29, 1.82) is 0 Å². The number of hydrogen-bond donors (Lipinski definition) is 1. The van der Waals surface area contributed by atoms with E-state index in [1.807, 2.05) is 37.2 Å². The molecule has 0 fully saturated rings. The molecule has 0 saturated heterocycles. The van der Waals surface area contributed by atoms with E-state index < -0.39 is 6.04 Å². The molecule has 4 heteroatoms. The Morgan fingerprint density at radius 3 is 2.67 bits per heavy atom. The van der Waals surface area contributed by atoms with Crippen molar-refractivity contribution in [3.05, 3.63) is 23.8 Å². The second kappa shape index (κ2) is 3.24. The van der Waals surface area contributed by atoms with Crippen LogP contribution in [0.15, 0.2) is 18.2 Å². The van der Waals surface area contributed by atoms with Crippen molar-refractivity contribution in [2.75, 3.05) is 30.9 Å². The Bertz CT molecular complexity index is 414. The molecule has 1 atom stereocenters. The Labute approximate surface area is 89.3 Å². The van der Waals surface area contributed by atoms with Crippen LogP contribution in [0.2, 0.25) is 0 Å². The number of fused-ring (bicyclic) bond motifs is 1. The van der Waals surface area contributed by atoms with E-state index in [2.05, 4.69) is 0 Å². The van der Waals surface area contributed by atoms with Crippen LogP contribution < -0.4 is 15.5 Å². The van der Waals surface area contributed by atoms with Crippen molar-refractivity contribution in [3.8, 4) is 0 Å². The molecule has 0 bridgehead atoms. The largest absolute Gasteiger partial charge is 0.378 e. The fraction of sp³-hybridized carbons (Fsp3) is 0.364. The molecule has 0 radical (unpaired) electrons. The molecule has 1 amide bonds. The molecule has 2 rings (SSSR count). The zero-order valence-corrected chi connectivity index (χ0v) is 9.19. The van der Waals surface area contributed by atoms with Crippen LogP contribution in [0.5, 0.6) is 0 Å².